The maximum atomic E-state index is 13.5. The van der Waals surface area contributed by atoms with Crippen molar-refractivity contribution in [2.24, 2.45) is 0 Å². The van der Waals surface area contributed by atoms with Crippen LogP contribution in [0.25, 0.3) is 0 Å². The van der Waals surface area contributed by atoms with Gasteiger partial charge in [-0.2, -0.15) is 4.39 Å². The van der Waals surface area contributed by atoms with E-state index in [-0.39, 0.29) is 6.42 Å². The van der Waals surface area contributed by atoms with Crippen LogP contribution in [0, 0.1) is 15.9 Å². The third-order valence-electron chi connectivity index (χ3n) is 3.19. The van der Waals surface area contributed by atoms with Crippen LogP contribution in [-0.2, 0) is 11.2 Å². The summed E-state index contributed by atoms with van der Waals surface area (Å²) in [6.07, 6.45) is 1.53. The molecule has 0 aromatic heterocycles. The van der Waals surface area contributed by atoms with Crippen molar-refractivity contribution >= 4 is 23.4 Å². The Morgan fingerprint density at radius 2 is 2.32 bits per heavy atom. The van der Waals surface area contributed by atoms with E-state index in [2.05, 4.69) is 0 Å². The summed E-state index contributed by atoms with van der Waals surface area (Å²) in [4.78, 5) is 21.1. The van der Waals surface area contributed by atoms with E-state index in [0.29, 0.717) is 12.0 Å². The normalized spacial score (nSPS) is 22.4. The molecule has 102 valence electrons. The highest BCUT2D eigenvalue weighted by Gasteiger charge is 2.42. The fourth-order valence-electron chi connectivity index (χ4n) is 2.22. The molecule has 0 amide bonds. The number of nitrogens with zero attached hydrogens (tertiary/aromatic N) is 1. The SMILES string of the molecule is O=C(O)C1(Cc2ccc([N+](=O)[O-])c(F)c2)CCCS1. The van der Waals surface area contributed by atoms with Gasteiger partial charge in [0.25, 0.3) is 0 Å². The predicted molar refractivity (Wildman–Crippen MR) is 68.8 cm³/mol. The molecule has 0 spiro atoms. The molecule has 0 saturated carbocycles. The molecular formula is C12H12FNO4S. The van der Waals surface area contributed by atoms with Gasteiger partial charge in [0.15, 0.2) is 0 Å². The Morgan fingerprint density at radius 3 is 2.79 bits per heavy atom. The molecule has 1 unspecified atom stereocenters. The summed E-state index contributed by atoms with van der Waals surface area (Å²) in [6, 6.07) is 3.56. The first kappa shape index (κ1) is 13.8. The van der Waals surface area contributed by atoms with Crippen molar-refractivity contribution in [3.05, 3.63) is 39.7 Å². The molecule has 1 aromatic rings. The standard InChI is InChI=1S/C12H12FNO4S/c13-9-6-8(2-3-10(9)14(17)18)7-12(11(15)16)4-1-5-19-12/h2-3,6H,1,4-5,7H2,(H,15,16). The lowest BCUT2D eigenvalue weighted by Crippen LogP contribution is -2.34. The number of nitro benzene ring substituents is 1. The van der Waals surface area contributed by atoms with E-state index in [4.69, 9.17) is 0 Å². The largest absolute Gasteiger partial charge is 0.480 e. The second kappa shape index (κ2) is 5.16. The average molecular weight is 285 g/mol. The van der Waals surface area contributed by atoms with Gasteiger partial charge in [0.1, 0.15) is 4.75 Å². The molecule has 1 atom stereocenters. The van der Waals surface area contributed by atoms with Gasteiger partial charge in [0, 0.05) is 6.07 Å². The molecule has 0 aliphatic carbocycles. The Bertz CT molecular complexity index is 528. The molecule has 1 aliphatic rings. The Labute approximate surface area is 113 Å². The first-order valence-corrected chi connectivity index (χ1v) is 6.73. The third kappa shape index (κ3) is 2.70. The van der Waals surface area contributed by atoms with E-state index in [9.17, 15) is 24.4 Å². The minimum atomic E-state index is -0.928. The number of thioether (sulfide) groups is 1. The quantitative estimate of drug-likeness (QED) is 0.679. The van der Waals surface area contributed by atoms with E-state index in [1.54, 1.807) is 0 Å². The number of hydrogen-bond acceptors (Lipinski definition) is 4. The van der Waals surface area contributed by atoms with Gasteiger partial charge in [-0.1, -0.05) is 6.07 Å². The van der Waals surface area contributed by atoms with Crippen molar-refractivity contribution in [1.82, 2.24) is 0 Å². The minimum Gasteiger partial charge on any atom is -0.480 e. The Morgan fingerprint density at radius 1 is 1.58 bits per heavy atom. The fourth-order valence-corrected chi connectivity index (χ4v) is 3.58. The van der Waals surface area contributed by atoms with E-state index in [0.717, 1.165) is 24.3 Å². The van der Waals surface area contributed by atoms with Crippen LogP contribution in [0.5, 0.6) is 0 Å². The number of carbonyl (C=O) groups is 1. The fraction of sp³-hybridized carbons (Fsp3) is 0.417. The number of rotatable bonds is 4. The molecule has 1 N–H and O–H groups in total. The van der Waals surface area contributed by atoms with Gasteiger partial charge in [-0.25, -0.2) is 0 Å². The highest BCUT2D eigenvalue weighted by Crippen LogP contribution is 2.41. The first-order chi connectivity index (χ1) is 8.94. The van der Waals surface area contributed by atoms with Gasteiger partial charge >= 0.3 is 11.7 Å². The maximum Gasteiger partial charge on any atom is 0.320 e. The lowest BCUT2D eigenvalue weighted by atomic mass is 9.94. The van der Waals surface area contributed by atoms with Gasteiger partial charge in [-0.15, -0.1) is 11.8 Å². The average Bonchev–Trinajstić information content (AvgIpc) is 2.78. The number of nitro groups is 1. The van der Waals surface area contributed by atoms with Crippen LogP contribution in [0.4, 0.5) is 10.1 Å². The molecule has 5 nitrogen and oxygen atoms in total. The van der Waals surface area contributed by atoms with Crippen LogP contribution in [0.15, 0.2) is 18.2 Å². The summed E-state index contributed by atoms with van der Waals surface area (Å²) in [5.41, 5.74) is -0.118. The molecular weight excluding hydrogens is 273 g/mol. The van der Waals surface area contributed by atoms with E-state index >= 15 is 0 Å². The van der Waals surface area contributed by atoms with E-state index in [1.807, 2.05) is 0 Å². The summed E-state index contributed by atoms with van der Waals surface area (Å²) >= 11 is 1.35. The number of carboxylic acids is 1. The number of benzene rings is 1. The molecule has 1 fully saturated rings. The summed E-state index contributed by atoms with van der Waals surface area (Å²) in [7, 11) is 0. The van der Waals surface area contributed by atoms with Crippen molar-refractivity contribution in [3.63, 3.8) is 0 Å². The topological polar surface area (TPSA) is 80.4 Å². The smallest absolute Gasteiger partial charge is 0.320 e. The zero-order chi connectivity index (χ0) is 14.0. The number of aliphatic carboxylic acids is 1. The minimum absolute atomic E-state index is 0.182. The first-order valence-electron chi connectivity index (χ1n) is 5.75. The van der Waals surface area contributed by atoms with Crippen LogP contribution < -0.4 is 0 Å². The van der Waals surface area contributed by atoms with Crippen LogP contribution in [0.1, 0.15) is 18.4 Å². The van der Waals surface area contributed by atoms with Crippen LogP contribution in [0.3, 0.4) is 0 Å². The zero-order valence-corrected chi connectivity index (χ0v) is 10.8. The summed E-state index contributed by atoms with van der Waals surface area (Å²) < 4.78 is 12.6. The van der Waals surface area contributed by atoms with Crippen molar-refractivity contribution in [2.45, 2.75) is 24.0 Å². The van der Waals surface area contributed by atoms with Crippen molar-refractivity contribution in [3.8, 4) is 0 Å². The second-order valence-electron chi connectivity index (χ2n) is 4.47. The van der Waals surface area contributed by atoms with Crippen molar-refractivity contribution < 1.29 is 19.2 Å². The molecule has 19 heavy (non-hydrogen) atoms. The maximum absolute atomic E-state index is 13.5. The summed E-state index contributed by atoms with van der Waals surface area (Å²) in [6.45, 7) is 0. The second-order valence-corrected chi connectivity index (χ2v) is 5.95. The highest BCUT2D eigenvalue weighted by atomic mass is 32.2. The lowest BCUT2D eigenvalue weighted by Gasteiger charge is -2.22. The van der Waals surface area contributed by atoms with Gasteiger partial charge in [0.05, 0.1) is 4.92 Å². The Hall–Kier alpha value is -1.63. The molecule has 1 heterocycles. The van der Waals surface area contributed by atoms with E-state index in [1.165, 1.54) is 17.8 Å². The highest BCUT2D eigenvalue weighted by molar-refractivity contribution is 8.01. The summed E-state index contributed by atoms with van der Waals surface area (Å²) in [5, 5.41) is 19.8. The molecule has 1 aliphatic heterocycles. The van der Waals surface area contributed by atoms with E-state index < -0.39 is 27.1 Å². The van der Waals surface area contributed by atoms with Gasteiger partial charge < -0.3 is 5.11 Å². The molecule has 0 radical (unpaired) electrons. The number of halogens is 1. The molecule has 7 heteroatoms. The molecule has 1 saturated heterocycles. The molecule has 0 bridgehead atoms. The van der Waals surface area contributed by atoms with Gasteiger partial charge in [0.2, 0.25) is 5.82 Å². The summed E-state index contributed by atoms with van der Waals surface area (Å²) in [5.74, 6) is -1.07. The monoisotopic (exact) mass is 285 g/mol. The third-order valence-corrected chi connectivity index (χ3v) is 4.76. The van der Waals surface area contributed by atoms with Crippen LogP contribution in [-0.4, -0.2) is 26.5 Å². The Kier molecular flexibility index (Phi) is 3.75. The van der Waals surface area contributed by atoms with Gasteiger partial charge in [-0.05, 0) is 36.6 Å². The van der Waals surface area contributed by atoms with Crippen molar-refractivity contribution in [2.75, 3.05) is 5.75 Å². The zero-order valence-electron chi connectivity index (χ0n) is 9.97. The van der Waals surface area contributed by atoms with Crippen LogP contribution >= 0.6 is 11.8 Å². The number of hydrogen-bond donors (Lipinski definition) is 1. The molecule has 1 aromatic carbocycles. The number of carboxylic acid groups (broad SMARTS) is 1. The Balaban J connectivity index is 2.26. The van der Waals surface area contributed by atoms with Crippen molar-refractivity contribution in [1.29, 1.82) is 0 Å². The molecule has 2 rings (SSSR count). The van der Waals surface area contributed by atoms with Gasteiger partial charge in [-0.3, -0.25) is 14.9 Å². The van der Waals surface area contributed by atoms with Crippen LogP contribution in [0.2, 0.25) is 0 Å². The predicted octanol–water partition coefficient (Wildman–Crippen LogP) is 2.63. The lowest BCUT2D eigenvalue weighted by molar-refractivity contribution is -0.387.